The highest BCUT2D eigenvalue weighted by Gasteiger charge is 2.11. The van der Waals surface area contributed by atoms with Crippen molar-refractivity contribution in [3.63, 3.8) is 0 Å². The van der Waals surface area contributed by atoms with Gasteiger partial charge in [0, 0.05) is 0 Å². The van der Waals surface area contributed by atoms with Gasteiger partial charge in [-0.2, -0.15) is 0 Å². The molecule has 0 saturated carbocycles. The number of hydrogen-bond donors (Lipinski definition) is 1. The summed E-state index contributed by atoms with van der Waals surface area (Å²) in [5.41, 5.74) is 5.05. The summed E-state index contributed by atoms with van der Waals surface area (Å²) in [6.07, 6.45) is 0. The van der Waals surface area contributed by atoms with Gasteiger partial charge >= 0.3 is 0 Å². The molecule has 1 heterocycles. The van der Waals surface area contributed by atoms with Crippen LogP contribution in [0.2, 0.25) is 0 Å². The third-order valence-electron chi connectivity index (χ3n) is 5.21. The molecule has 1 aromatic heterocycles. The number of halogens is 1. The number of nitrogens with one attached hydrogen (secondary N) is 1. The summed E-state index contributed by atoms with van der Waals surface area (Å²) < 4.78 is 15.1. The first-order valence-electron chi connectivity index (χ1n) is 9.71. The van der Waals surface area contributed by atoms with E-state index in [4.69, 9.17) is 14.9 Å². The second-order valence-corrected chi connectivity index (χ2v) is 7.00. The first-order valence-corrected chi connectivity index (χ1v) is 9.71. The van der Waals surface area contributed by atoms with Crippen LogP contribution in [0, 0.1) is 12.3 Å². The number of ether oxygens (including phenoxy) is 2. The van der Waals surface area contributed by atoms with Gasteiger partial charge in [-0.15, -0.1) is 17.0 Å². The van der Waals surface area contributed by atoms with Crippen molar-refractivity contribution < 1.29 is 9.47 Å². The Labute approximate surface area is 186 Å². The van der Waals surface area contributed by atoms with Gasteiger partial charge in [0.1, 0.15) is 18.1 Å². The van der Waals surface area contributed by atoms with Crippen molar-refractivity contribution in [2.24, 2.45) is 0 Å². The lowest BCUT2D eigenvalue weighted by atomic mass is 10.1. The van der Waals surface area contributed by atoms with Crippen LogP contribution in [0.25, 0.3) is 11.0 Å². The van der Waals surface area contributed by atoms with Crippen LogP contribution in [0.15, 0.2) is 72.8 Å². The molecule has 0 spiro atoms. The lowest BCUT2D eigenvalue weighted by molar-refractivity contribution is 0.296. The van der Waals surface area contributed by atoms with Crippen LogP contribution in [-0.4, -0.2) is 22.9 Å². The summed E-state index contributed by atoms with van der Waals surface area (Å²) in [6, 6.07) is 24.1. The maximum atomic E-state index is 8.78. The van der Waals surface area contributed by atoms with Gasteiger partial charge < -0.3 is 18.6 Å². The monoisotopic (exact) mass is 467 g/mol. The summed E-state index contributed by atoms with van der Waals surface area (Å²) in [4.78, 5) is 0. The fourth-order valence-electron chi connectivity index (χ4n) is 3.57. The molecule has 1 N–H and O–H groups in total. The quantitative estimate of drug-likeness (QED) is 0.418. The molecule has 4 aromatic rings. The Hall–Kier alpha value is -2.99. The summed E-state index contributed by atoms with van der Waals surface area (Å²) in [7, 11) is 1.65. The number of rotatable bonds is 7. The molecule has 6 heteroatoms. The van der Waals surface area contributed by atoms with Crippen molar-refractivity contribution in [2.45, 2.75) is 20.0 Å². The van der Waals surface area contributed by atoms with Crippen molar-refractivity contribution in [1.29, 1.82) is 5.41 Å². The SMILES string of the molecule is Br.COc1ccc(OCCn2c(=N)n(Cc3ccccc3C)c3ccccc32)cc1. The molecule has 0 aliphatic heterocycles. The number of para-hydroxylation sites is 2. The molecule has 0 aliphatic carbocycles. The number of nitrogens with zero attached hydrogens (tertiary/aromatic N) is 2. The van der Waals surface area contributed by atoms with E-state index in [-0.39, 0.29) is 17.0 Å². The van der Waals surface area contributed by atoms with Gasteiger partial charge in [-0.1, -0.05) is 36.4 Å². The van der Waals surface area contributed by atoms with Crippen LogP contribution in [0.4, 0.5) is 0 Å². The number of benzene rings is 3. The van der Waals surface area contributed by atoms with Crippen molar-refractivity contribution in [2.75, 3.05) is 13.7 Å². The third kappa shape index (κ3) is 4.44. The molecule has 30 heavy (non-hydrogen) atoms. The summed E-state index contributed by atoms with van der Waals surface area (Å²) >= 11 is 0. The lowest BCUT2D eigenvalue weighted by Gasteiger charge is -2.09. The summed E-state index contributed by atoms with van der Waals surface area (Å²) in [5.74, 6) is 1.60. The normalized spacial score (nSPS) is 10.6. The van der Waals surface area contributed by atoms with Crippen LogP contribution in [0.3, 0.4) is 0 Å². The van der Waals surface area contributed by atoms with Gasteiger partial charge in [0.05, 0.1) is 31.2 Å². The molecule has 3 aromatic carbocycles. The molecule has 5 nitrogen and oxygen atoms in total. The fourth-order valence-corrected chi connectivity index (χ4v) is 3.57. The average Bonchev–Trinajstić information content (AvgIpc) is 3.02. The lowest BCUT2D eigenvalue weighted by Crippen LogP contribution is -2.27. The number of imidazole rings is 1. The second-order valence-electron chi connectivity index (χ2n) is 7.00. The molecule has 0 aliphatic rings. The van der Waals surface area contributed by atoms with Crippen LogP contribution in [0.1, 0.15) is 11.1 Å². The molecule has 0 unspecified atom stereocenters. The van der Waals surface area contributed by atoms with E-state index < -0.39 is 0 Å². The highest BCUT2D eigenvalue weighted by atomic mass is 79.9. The number of aryl methyl sites for hydroxylation is 1. The highest BCUT2D eigenvalue weighted by Crippen LogP contribution is 2.18. The number of methoxy groups -OCH3 is 1. The minimum Gasteiger partial charge on any atom is -0.497 e. The molecule has 0 amide bonds. The Kier molecular flexibility index (Phi) is 7.00. The van der Waals surface area contributed by atoms with Crippen molar-refractivity contribution in [3.8, 4) is 11.5 Å². The predicted octanol–water partition coefficient (Wildman–Crippen LogP) is 4.94. The minimum absolute atomic E-state index is 0. The zero-order chi connectivity index (χ0) is 20.2. The topological polar surface area (TPSA) is 52.2 Å². The molecule has 0 fully saturated rings. The zero-order valence-electron chi connectivity index (χ0n) is 17.2. The van der Waals surface area contributed by atoms with Gasteiger partial charge in [0.25, 0.3) is 0 Å². The van der Waals surface area contributed by atoms with E-state index in [0.717, 1.165) is 22.5 Å². The Morgan fingerprint density at radius 1 is 0.800 bits per heavy atom. The average molecular weight is 468 g/mol. The van der Waals surface area contributed by atoms with Gasteiger partial charge in [-0.3, -0.25) is 5.41 Å². The molecular formula is C24H26BrN3O2. The smallest absolute Gasteiger partial charge is 0.203 e. The van der Waals surface area contributed by atoms with E-state index in [1.54, 1.807) is 7.11 Å². The molecule has 156 valence electrons. The Balaban J connectivity index is 0.00000256. The van der Waals surface area contributed by atoms with E-state index >= 15 is 0 Å². The summed E-state index contributed by atoms with van der Waals surface area (Å²) in [5, 5.41) is 8.78. The van der Waals surface area contributed by atoms with E-state index in [0.29, 0.717) is 25.3 Å². The van der Waals surface area contributed by atoms with E-state index in [2.05, 4.69) is 35.8 Å². The Bertz CT molecular complexity index is 1180. The second kappa shape index (κ2) is 9.67. The predicted molar refractivity (Wildman–Crippen MR) is 125 cm³/mol. The highest BCUT2D eigenvalue weighted by molar-refractivity contribution is 8.93. The maximum Gasteiger partial charge on any atom is 0.203 e. The first-order chi connectivity index (χ1) is 14.2. The van der Waals surface area contributed by atoms with Gasteiger partial charge in [0.2, 0.25) is 5.62 Å². The number of hydrogen-bond acceptors (Lipinski definition) is 3. The largest absolute Gasteiger partial charge is 0.497 e. The maximum absolute atomic E-state index is 8.78. The first kappa shape index (κ1) is 21.7. The van der Waals surface area contributed by atoms with Crippen LogP contribution in [0.5, 0.6) is 11.5 Å². The molecule has 0 bridgehead atoms. The Morgan fingerprint density at radius 3 is 2.07 bits per heavy atom. The van der Waals surface area contributed by atoms with E-state index in [1.807, 2.05) is 53.1 Å². The molecular weight excluding hydrogens is 442 g/mol. The van der Waals surface area contributed by atoms with E-state index in [1.165, 1.54) is 11.1 Å². The molecule has 4 rings (SSSR count). The molecule has 0 atom stereocenters. The van der Waals surface area contributed by atoms with Crippen LogP contribution >= 0.6 is 17.0 Å². The van der Waals surface area contributed by atoms with Gasteiger partial charge in [-0.25, -0.2) is 0 Å². The van der Waals surface area contributed by atoms with Crippen molar-refractivity contribution in [1.82, 2.24) is 9.13 Å². The number of fused-ring (bicyclic) bond motifs is 1. The van der Waals surface area contributed by atoms with Gasteiger partial charge in [0.15, 0.2) is 0 Å². The fraction of sp³-hybridized carbons (Fsp3) is 0.208. The van der Waals surface area contributed by atoms with Crippen molar-refractivity contribution >= 4 is 28.0 Å². The molecule has 0 radical (unpaired) electrons. The van der Waals surface area contributed by atoms with E-state index in [9.17, 15) is 0 Å². The van der Waals surface area contributed by atoms with Crippen molar-refractivity contribution in [3.05, 3.63) is 89.5 Å². The minimum atomic E-state index is 0. The summed E-state index contributed by atoms with van der Waals surface area (Å²) in [6.45, 7) is 3.88. The van der Waals surface area contributed by atoms with Crippen LogP contribution < -0.4 is 15.1 Å². The standard InChI is InChI=1S/C24H25N3O2.BrH/c1-18-7-3-4-8-19(18)17-27-23-10-6-5-9-22(23)26(24(27)25)15-16-29-21-13-11-20(28-2)12-14-21;/h3-14,25H,15-17H2,1-2H3;1H. The van der Waals surface area contributed by atoms with Gasteiger partial charge in [-0.05, 0) is 54.4 Å². The van der Waals surface area contributed by atoms with Crippen LogP contribution in [-0.2, 0) is 13.1 Å². The zero-order valence-corrected chi connectivity index (χ0v) is 18.9. The Morgan fingerprint density at radius 2 is 1.40 bits per heavy atom. The third-order valence-corrected chi connectivity index (χ3v) is 5.21. The molecule has 0 saturated heterocycles. The number of aromatic nitrogens is 2.